The van der Waals surface area contributed by atoms with Crippen molar-refractivity contribution in [2.24, 2.45) is 0 Å². The molecule has 0 fully saturated rings. The Morgan fingerprint density at radius 2 is 1.87 bits per heavy atom. The lowest BCUT2D eigenvalue weighted by Gasteiger charge is -2.04. The van der Waals surface area contributed by atoms with Crippen LogP contribution in [0.2, 0.25) is 0 Å². The second-order valence-corrected chi connectivity index (χ2v) is 5.34. The summed E-state index contributed by atoms with van der Waals surface area (Å²) < 4.78 is 2.62. The molecule has 0 saturated carbocycles. The highest BCUT2D eigenvalue weighted by molar-refractivity contribution is 9.14. The van der Waals surface area contributed by atoms with Crippen molar-refractivity contribution in [3.05, 3.63) is 36.7 Å². The molecule has 15 heavy (non-hydrogen) atoms. The van der Waals surface area contributed by atoms with E-state index in [-0.39, 0.29) is 0 Å². The summed E-state index contributed by atoms with van der Waals surface area (Å²) in [7, 11) is 0. The molecule has 0 aliphatic rings. The summed E-state index contributed by atoms with van der Waals surface area (Å²) >= 11 is 10.1. The van der Waals surface area contributed by atoms with Crippen LogP contribution in [0.3, 0.4) is 0 Å². The Morgan fingerprint density at radius 1 is 1.27 bits per heavy atom. The van der Waals surface area contributed by atoms with Crippen LogP contribution in [0.15, 0.2) is 31.1 Å². The molecule has 0 saturated heterocycles. The highest BCUT2D eigenvalue weighted by Gasteiger charge is 2.07. The molecule has 1 aromatic carbocycles. The predicted molar refractivity (Wildman–Crippen MR) is 70.8 cm³/mol. The molecule has 0 radical (unpaired) electrons. The lowest BCUT2D eigenvalue weighted by Crippen LogP contribution is -1.95. The lowest BCUT2D eigenvalue weighted by molar-refractivity contribution is -0.132. The predicted octanol–water partition coefficient (Wildman–Crippen LogP) is 4.46. The van der Waals surface area contributed by atoms with Gasteiger partial charge < -0.3 is 5.11 Å². The van der Waals surface area contributed by atoms with Crippen LogP contribution in [0.25, 0.3) is 6.08 Å². The fraction of sp³-hybridized carbons (Fsp3) is 0.100. The number of hydrogen-bond donors (Lipinski definition) is 1. The number of carbonyl (C=O) groups is 1. The second-order valence-electron chi connectivity index (χ2n) is 2.90. The van der Waals surface area contributed by atoms with Crippen LogP contribution in [0.1, 0.15) is 12.5 Å². The van der Waals surface area contributed by atoms with Gasteiger partial charge in [0.25, 0.3) is 0 Å². The minimum absolute atomic E-state index is 0.296. The molecule has 0 aliphatic heterocycles. The van der Waals surface area contributed by atoms with E-state index in [1.165, 1.54) is 0 Å². The quantitative estimate of drug-likeness (QED) is 0.589. The number of benzene rings is 1. The first-order valence-corrected chi connectivity index (χ1v) is 6.36. The van der Waals surface area contributed by atoms with Gasteiger partial charge in [-0.05, 0) is 72.4 Å². The first-order valence-electron chi connectivity index (χ1n) is 3.98. The number of hydrogen-bond acceptors (Lipinski definition) is 1. The molecule has 1 N–H and O–H groups in total. The molecule has 1 aromatic rings. The van der Waals surface area contributed by atoms with Gasteiger partial charge in [0.15, 0.2) is 0 Å². The van der Waals surface area contributed by atoms with E-state index in [2.05, 4.69) is 47.8 Å². The topological polar surface area (TPSA) is 37.3 Å². The summed E-state index contributed by atoms with van der Waals surface area (Å²) in [6.07, 6.45) is 1.61. The molecule has 5 heteroatoms. The van der Waals surface area contributed by atoms with Gasteiger partial charge in [-0.15, -0.1) is 0 Å². The molecule has 80 valence electrons. The van der Waals surface area contributed by atoms with E-state index >= 15 is 0 Å². The van der Waals surface area contributed by atoms with E-state index in [4.69, 9.17) is 5.11 Å². The Balaban J connectivity index is 3.23. The maximum atomic E-state index is 10.7. The fourth-order valence-electron chi connectivity index (χ4n) is 0.947. The molecule has 2 nitrogen and oxygen atoms in total. The van der Waals surface area contributed by atoms with Crippen molar-refractivity contribution in [2.45, 2.75) is 6.92 Å². The van der Waals surface area contributed by atoms with E-state index in [9.17, 15) is 4.79 Å². The summed E-state index contributed by atoms with van der Waals surface area (Å²) in [6.45, 7) is 1.56. The minimum atomic E-state index is -0.916. The van der Waals surface area contributed by atoms with Gasteiger partial charge in [-0.2, -0.15) is 0 Å². The van der Waals surface area contributed by atoms with Gasteiger partial charge in [0.1, 0.15) is 0 Å². The van der Waals surface area contributed by atoms with Crippen LogP contribution in [-0.4, -0.2) is 11.1 Å². The average molecular weight is 399 g/mol. The van der Waals surface area contributed by atoms with Gasteiger partial charge in [-0.1, -0.05) is 6.07 Å². The summed E-state index contributed by atoms with van der Waals surface area (Å²) in [6, 6.07) is 3.70. The van der Waals surface area contributed by atoms with Crippen molar-refractivity contribution in [3.8, 4) is 0 Å². The molecular formula is C10H7Br3O2. The smallest absolute Gasteiger partial charge is 0.331 e. The van der Waals surface area contributed by atoms with Crippen LogP contribution >= 0.6 is 47.8 Å². The zero-order valence-corrected chi connectivity index (χ0v) is 12.5. The third-order valence-corrected chi connectivity index (χ3v) is 5.18. The van der Waals surface area contributed by atoms with E-state index in [1.807, 2.05) is 12.1 Å². The lowest BCUT2D eigenvalue weighted by atomic mass is 10.1. The zero-order valence-electron chi connectivity index (χ0n) is 7.72. The van der Waals surface area contributed by atoms with Crippen molar-refractivity contribution in [1.29, 1.82) is 0 Å². The first-order chi connectivity index (χ1) is 6.93. The molecule has 0 spiro atoms. The van der Waals surface area contributed by atoms with Crippen molar-refractivity contribution in [3.63, 3.8) is 0 Å². The van der Waals surface area contributed by atoms with E-state index < -0.39 is 5.97 Å². The maximum absolute atomic E-state index is 10.7. The van der Waals surface area contributed by atoms with E-state index in [1.54, 1.807) is 13.0 Å². The maximum Gasteiger partial charge on any atom is 0.331 e. The Labute approximate surface area is 113 Å². The number of carboxylic acid groups (broad SMARTS) is 1. The fourth-order valence-corrected chi connectivity index (χ4v) is 2.37. The van der Waals surface area contributed by atoms with Gasteiger partial charge >= 0.3 is 5.97 Å². The number of halogens is 3. The van der Waals surface area contributed by atoms with E-state index in [0.717, 1.165) is 19.0 Å². The Bertz CT molecular complexity index is 439. The van der Waals surface area contributed by atoms with Crippen molar-refractivity contribution >= 4 is 59.8 Å². The van der Waals surface area contributed by atoms with Crippen LogP contribution in [0, 0.1) is 0 Å². The second kappa shape index (κ2) is 5.27. The average Bonchev–Trinajstić information content (AvgIpc) is 2.18. The zero-order chi connectivity index (χ0) is 11.6. The third-order valence-electron chi connectivity index (χ3n) is 1.77. The molecule has 0 atom stereocenters. The first kappa shape index (κ1) is 12.9. The van der Waals surface area contributed by atoms with Crippen LogP contribution in [0.5, 0.6) is 0 Å². The Morgan fingerprint density at radius 3 is 2.40 bits per heavy atom. The molecule has 0 unspecified atom stereocenters. The largest absolute Gasteiger partial charge is 0.478 e. The van der Waals surface area contributed by atoms with E-state index in [0.29, 0.717) is 5.57 Å². The molecule has 0 bridgehead atoms. The molecule has 0 amide bonds. The Kier molecular flexibility index (Phi) is 4.55. The van der Waals surface area contributed by atoms with Gasteiger partial charge in [-0.25, -0.2) is 4.79 Å². The van der Waals surface area contributed by atoms with Gasteiger partial charge in [-0.3, -0.25) is 0 Å². The van der Waals surface area contributed by atoms with Crippen LogP contribution in [0.4, 0.5) is 0 Å². The standard InChI is InChI=1S/C10H7Br3O2/c1-5(10(14)15)4-6-2-3-7(11)9(13)8(6)12/h2-4H,1H3,(H,14,15). The molecule has 0 aromatic heterocycles. The van der Waals surface area contributed by atoms with Gasteiger partial charge in [0, 0.05) is 19.0 Å². The minimum Gasteiger partial charge on any atom is -0.478 e. The summed E-state index contributed by atoms with van der Waals surface area (Å²) in [4.78, 5) is 10.7. The van der Waals surface area contributed by atoms with Crippen molar-refractivity contribution in [1.82, 2.24) is 0 Å². The number of carboxylic acids is 1. The normalized spacial score (nSPS) is 11.6. The highest BCUT2D eigenvalue weighted by atomic mass is 79.9. The van der Waals surface area contributed by atoms with Crippen LogP contribution < -0.4 is 0 Å². The molecule has 0 heterocycles. The van der Waals surface area contributed by atoms with Crippen molar-refractivity contribution < 1.29 is 9.90 Å². The highest BCUT2D eigenvalue weighted by Crippen LogP contribution is 2.34. The van der Waals surface area contributed by atoms with Crippen molar-refractivity contribution in [2.75, 3.05) is 0 Å². The van der Waals surface area contributed by atoms with Gasteiger partial charge in [0.05, 0.1) is 0 Å². The summed E-state index contributed by atoms with van der Waals surface area (Å²) in [5.41, 5.74) is 1.12. The van der Waals surface area contributed by atoms with Crippen LogP contribution in [-0.2, 0) is 4.79 Å². The molecule has 1 rings (SSSR count). The summed E-state index contributed by atoms with van der Waals surface area (Å²) in [5, 5.41) is 8.75. The third kappa shape index (κ3) is 3.16. The number of rotatable bonds is 2. The molecular weight excluding hydrogens is 392 g/mol. The number of aliphatic carboxylic acids is 1. The Hall–Kier alpha value is -0.130. The SMILES string of the molecule is CC(=Cc1ccc(Br)c(Br)c1Br)C(=O)O. The van der Waals surface area contributed by atoms with Gasteiger partial charge in [0.2, 0.25) is 0 Å². The monoisotopic (exact) mass is 396 g/mol. The molecule has 0 aliphatic carbocycles. The summed E-state index contributed by atoms with van der Waals surface area (Å²) in [5.74, 6) is -0.916.